The van der Waals surface area contributed by atoms with Crippen LogP contribution in [0.3, 0.4) is 0 Å². The summed E-state index contributed by atoms with van der Waals surface area (Å²) in [7, 11) is 3.16. The van der Waals surface area contributed by atoms with Gasteiger partial charge in [0.25, 0.3) is 0 Å². The van der Waals surface area contributed by atoms with Crippen LogP contribution in [0.15, 0.2) is 6.07 Å². The van der Waals surface area contributed by atoms with E-state index in [-0.39, 0.29) is 12.0 Å². The Morgan fingerprint density at radius 1 is 1.24 bits per heavy atom. The quantitative estimate of drug-likeness (QED) is 0.819. The maximum absolute atomic E-state index is 12.0. The molecule has 25 heavy (non-hydrogen) atoms. The van der Waals surface area contributed by atoms with Crippen LogP contribution in [0.2, 0.25) is 0 Å². The van der Waals surface area contributed by atoms with Gasteiger partial charge in [-0.25, -0.2) is 0 Å². The molecule has 1 atom stereocenters. The molecular formula is C17H26N4O4. The maximum atomic E-state index is 12.0. The topological polar surface area (TPSA) is 85.8 Å². The number of piperidine rings is 1. The average Bonchev–Trinajstić information content (AvgIpc) is 3.21. The molecule has 2 aliphatic heterocycles. The lowest BCUT2D eigenvalue weighted by atomic mass is 9.97. The molecule has 0 saturated carbocycles. The maximum Gasteiger partial charge on any atom is 0.249 e. The number of carbonyl (C=O) groups is 1. The summed E-state index contributed by atoms with van der Waals surface area (Å²) in [6.45, 7) is 3.09. The van der Waals surface area contributed by atoms with Gasteiger partial charge in [0.1, 0.15) is 6.10 Å². The second-order valence-corrected chi connectivity index (χ2v) is 6.43. The summed E-state index contributed by atoms with van der Waals surface area (Å²) in [4.78, 5) is 23.0. The predicted octanol–water partition coefficient (Wildman–Crippen LogP) is 1.01. The first-order chi connectivity index (χ1) is 12.2. The third-order valence-electron chi connectivity index (χ3n) is 4.77. The Kier molecular flexibility index (Phi) is 5.91. The van der Waals surface area contributed by atoms with Crippen LogP contribution in [0.5, 0.6) is 11.8 Å². The van der Waals surface area contributed by atoms with E-state index in [1.165, 1.54) is 0 Å². The largest absolute Gasteiger partial charge is 0.481 e. The number of hydrogen-bond donors (Lipinski definition) is 1. The van der Waals surface area contributed by atoms with Crippen molar-refractivity contribution in [2.75, 3.05) is 45.4 Å². The van der Waals surface area contributed by atoms with Gasteiger partial charge in [0.2, 0.25) is 23.6 Å². The molecule has 2 aliphatic rings. The third-order valence-corrected chi connectivity index (χ3v) is 4.77. The Balaban J connectivity index is 1.49. The number of carbonyl (C=O) groups excluding carboxylic acids is 1. The molecule has 3 heterocycles. The molecule has 1 aromatic rings. The Hall–Kier alpha value is -2.09. The molecule has 8 nitrogen and oxygen atoms in total. The number of nitrogens with one attached hydrogen (secondary N) is 1. The summed E-state index contributed by atoms with van der Waals surface area (Å²) in [6, 6.07) is 1.66. The van der Waals surface area contributed by atoms with Crippen molar-refractivity contribution in [2.45, 2.75) is 31.8 Å². The standard InChI is InChI=1S/C17H26N4O4/c1-23-14-10-15(24-2)20-17(19-14)21-7-5-12(6-8-21)11-18-16(22)13-4-3-9-25-13/h10,12-13H,3-9,11H2,1-2H3,(H,18,22)/t13-/m1/s1. The van der Waals surface area contributed by atoms with Crippen molar-refractivity contribution in [3.8, 4) is 11.8 Å². The van der Waals surface area contributed by atoms with E-state index in [0.717, 1.165) is 38.8 Å². The fourth-order valence-electron chi connectivity index (χ4n) is 3.22. The van der Waals surface area contributed by atoms with Crippen molar-refractivity contribution in [1.82, 2.24) is 15.3 Å². The minimum absolute atomic E-state index is 0.0285. The molecular weight excluding hydrogens is 324 g/mol. The summed E-state index contributed by atoms with van der Waals surface area (Å²) >= 11 is 0. The Morgan fingerprint density at radius 2 is 1.92 bits per heavy atom. The highest BCUT2D eigenvalue weighted by molar-refractivity contribution is 5.80. The lowest BCUT2D eigenvalue weighted by Crippen LogP contribution is -2.41. The third kappa shape index (κ3) is 4.50. The molecule has 2 saturated heterocycles. The zero-order chi connectivity index (χ0) is 17.6. The molecule has 1 aromatic heterocycles. The minimum atomic E-state index is -0.252. The summed E-state index contributed by atoms with van der Waals surface area (Å²) < 4.78 is 15.8. The number of ether oxygens (including phenoxy) is 3. The molecule has 2 fully saturated rings. The van der Waals surface area contributed by atoms with E-state index >= 15 is 0 Å². The highest BCUT2D eigenvalue weighted by Crippen LogP contribution is 2.24. The van der Waals surface area contributed by atoms with Crippen LogP contribution in [0.1, 0.15) is 25.7 Å². The van der Waals surface area contributed by atoms with Gasteiger partial charge in [0.15, 0.2) is 0 Å². The van der Waals surface area contributed by atoms with Crippen molar-refractivity contribution < 1.29 is 19.0 Å². The Bertz CT molecular complexity index is 562. The van der Waals surface area contributed by atoms with E-state index in [9.17, 15) is 4.79 Å². The van der Waals surface area contributed by atoms with Crippen molar-refractivity contribution in [3.05, 3.63) is 6.07 Å². The lowest BCUT2D eigenvalue weighted by molar-refractivity contribution is -0.130. The number of rotatable bonds is 6. The fourth-order valence-corrected chi connectivity index (χ4v) is 3.22. The molecule has 0 unspecified atom stereocenters. The molecule has 138 valence electrons. The summed E-state index contributed by atoms with van der Waals surface area (Å²) in [5.74, 6) is 2.11. The predicted molar refractivity (Wildman–Crippen MR) is 92.1 cm³/mol. The number of anilines is 1. The number of nitrogens with zero attached hydrogens (tertiary/aromatic N) is 3. The van der Waals surface area contributed by atoms with Gasteiger partial charge in [-0.3, -0.25) is 4.79 Å². The highest BCUT2D eigenvalue weighted by atomic mass is 16.5. The van der Waals surface area contributed by atoms with Crippen LogP contribution < -0.4 is 19.7 Å². The Labute approximate surface area is 147 Å². The first-order valence-electron chi connectivity index (χ1n) is 8.81. The van der Waals surface area contributed by atoms with E-state index in [1.54, 1.807) is 20.3 Å². The van der Waals surface area contributed by atoms with Gasteiger partial charge in [-0.15, -0.1) is 0 Å². The van der Waals surface area contributed by atoms with Gasteiger partial charge in [0, 0.05) is 26.2 Å². The van der Waals surface area contributed by atoms with Crippen LogP contribution in [0, 0.1) is 5.92 Å². The van der Waals surface area contributed by atoms with Crippen LogP contribution in [-0.4, -0.2) is 62.4 Å². The number of hydrogen-bond acceptors (Lipinski definition) is 7. The monoisotopic (exact) mass is 350 g/mol. The number of amides is 1. The first kappa shape index (κ1) is 17.7. The van der Waals surface area contributed by atoms with Gasteiger partial charge in [0.05, 0.1) is 20.3 Å². The zero-order valence-electron chi connectivity index (χ0n) is 14.9. The molecule has 0 radical (unpaired) electrons. The SMILES string of the molecule is COc1cc(OC)nc(N2CCC(CNC(=O)[C@H]3CCCO3)CC2)n1. The summed E-state index contributed by atoms with van der Waals surface area (Å²) in [5, 5.41) is 3.03. The summed E-state index contributed by atoms with van der Waals surface area (Å²) in [6.07, 6.45) is 3.51. The molecule has 0 aromatic carbocycles. The normalized spacial score (nSPS) is 21.2. The van der Waals surface area contributed by atoms with E-state index < -0.39 is 0 Å². The Morgan fingerprint density at radius 3 is 2.48 bits per heavy atom. The highest BCUT2D eigenvalue weighted by Gasteiger charge is 2.26. The van der Waals surface area contributed by atoms with Crippen molar-refractivity contribution in [1.29, 1.82) is 0 Å². The molecule has 0 aliphatic carbocycles. The van der Waals surface area contributed by atoms with Gasteiger partial charge in [-0.2, -0.15) is 9.97 Å². The van der Waals surface area contributed by atoms with Crippen LogP contribution in [0.4, 0.5) is 5.95 Å². The van der Waals surface area contributed by atoms with Crippen LogP contribution in [-0.2, 0) is 9.53 Å². The lowest BCUT2D eigenvalue weighted by Gasteiger charge is -2.32. The van der Waals surface area contributed by atoms with Crippen molar-refractivity contribution >= 4 is 11.9 Å². The molecule has 0 bridgehead atoms. The molecule has 1 N–H and O–H groups in total. The van der Waals surface area contributed by atoms with E-state index in [4.69, 9.17) is 14.2 Å². The van der Waals surface area contributed by atoms with Crippen molar-refractivity contribution in [3.63, 3.8) is 0 Å². The molecule has 1 amide bonds. The second-order valence-electron chi connectivity index (χ2n) is 6.43. The van der Waals surface area contributed by atoms with Crippen LogP contribution >= 0.6 is 0 Å². The average molecular weight is 350 g/mol. The van der Waals surface area contributed by atoms with Crippen LogP contribution in [0.25, 0.3) is 0 Å². The number of methoxy groups -OCH3 is 2. The molecule has 0 spiro atoms. The van der Waals surface area contributed by atoms with Gasteiger partial charge < -0.3 is 24.4 Å². The van der Waals surface area contributed by atoms with E-state index in [2.05, 4.69) is 20.2 Å². The van der Waals surface area contributed by atoms with Crippen molar-refractivity contribution in [2.24, 2.45) is 5.92 Å². The van der Waals surface area contributed by atoms with E-state index in [0.29, 0.717) is 36.8 Å². The molecule has 3 rings (SSSR count). The fraction of sp³-hybridized carbons (Fsp3) is 0.706. The smallest absolute Gasteiger partial charge is 0.249 e. The first-order valence-corrected chi connectivity index (χ1v) is 8.81. The zero-order valence-corrected chi connectivity index (χ0v) is 14.9. The summed E-state index contributed by atoms with van der Waals surface area (Å²) in [5.41, 5.74) is 0. The molecule has 8 heteroatoms. The van der Waals surface area contributed by atoms with Gasteiger partial charge >= 0.3 is 0 Å². The minimum Gasteiger partial charge on any atom is -0.481 e. The second kappa shape index (κ2) is 8.33. The number of aromatic nitrogens is 2. The van der Waals surface area contributed by atoms with Gasteiger partial charge in [-0.1, -0.05) is 0 Å². The van der Waals surface area contributed by atoms with E-state index in [1.807, 2.05) is 0 Å². The van der Waals surface area contributed by atoms with Gasteiger partial charge in [-0.05, 0) is 31.6 Å².